The molecule has 21 heavy (non-hydrogen) atoms. The van der Waals surface area contributed by atoms with Crippen LogP contribution in [-0.4, -0.2) is 37.4 Å². The lowest BCUT2D eigenvalue weighted by Crippen LogP contribution is -2.24. The Kier molecular flexibility index (Phi) is 7.41. The molecule has 0 spiro atoms. The molecule has 1 fully saturated rings. The largest absolute Gasteiger partial charge is 0.494 e. The number of benzene rings is 1. The summed E-state index contributed by atoms with van der Waals surface area (Å²) in [5.41, 5.74) is 1.26. The Labute approximate surface area is 132 Å². The summed E-state index contributed by atoms with van der Waals surface area (Å²) in [5, 5.41) is 3.58. The molecule has 1 aromatic carbocycles. The molecular weight excluding hydrogens is 282 g/mol. The van der Waals surface area contributed by atoms with Crippen LogP contribution in [0.15, 0.2) is 24.3 Å². The summed E-state index contributed by atoms with van der Waals surface area (Å²) in [4.78, 5) is 0. The maximum Gasteiger partial charge on any atom is 0.124 e. The predicted octanol–water partition coefficient (Wildman–Crippen LogP) is 3.65. The van der Waals surface area contributed by atoms with Gasteiger partial charge in [-0.2, -0.15) is 11.8 Å². The highest BCUT2D eigenvalue weighted by molar-refractivity contribution is 7.99. The SMILES string of the molecule is CCNC(CSCC1CCCO1)c1ccccc1OCC. The molecule has 4 heteroatoms. The monoisotopic (exact) mass is 309 g/mol. The van der Waals surface area contributed by atoms with E-state index in [9.17, 15) is 0 Å². The normalized spacial score (nSPS) is 19.6. The molecule has 1 heterocycles. The Morgan fingerprint density at radius 1 is 1.38 bits per heavy atom. The summed E-state index contributed by atoms with van der Waals surface area (Å²) in [6, 6.07) is 8.70. The van der Waals surface area contributed by atoms with Crippen molar-refractivity contribution in [2.24, 2.45) is 0 Å². The summed E-state index contributed by atoms with van der Waals surface area (Å²) >= 11 is 1.98. The van der Waals surface area contributed by atoms with Crippen LogP contribution < -0.4 is 10.1 Å². The Hall–Kier alpha value is -0.710. The highest BCUT2D eigenvalue weighted by atomic mass is 32.2. The molecule has 0 radical (unpaired) electrons. The minimum atomic E-state index is 0.337. The van der Waals surface area contributed by atoms with Crippen molar-refractivity contribution in [1.82, 2.24) is 5.32 Å². The smallest absolute Gasteiger partial charge is 0.124 e. The van der Waals surface area contributed by atoms with Crippen LogP contribution in [0.5, 0.6) is 5.75 Å². The molecule has 0 saturated carbocycles. The molecule has 0 bridgehead atoms. The van der Waals surface area contributed by atoms with Crippen LogP contribution >= 0.6 is 11.8 Å². The third kappa shape index (κ3) is 5.20. The van der Waals surface area contributed by atoms with Crippen molar-refractivity contribution in [2.45, 2.75) is 38.8 Å². The van der Waals surface area contributed by atoms with Crippen molar-refractivity contribution in [3.8, 4) is 5.75 Å². The van der Waals surface area contributed by atoms with Gasteiger partial charge in [-0.1, -0.05) is 25.1 Å². The van der Waals surface area contributed by atoms with E-state index >= 15 is 0 Å². The lowest BCUT2D eigenvalue weighted by molar-refractivity contribution is 0.129. The number of para-hydroxylation sites is 1. The van der Waals surface area contributed by atoms with Crippen LogP contribution in [0, 0.1) is 0 Å². The molecule has 2 atom stereocenters. The number of rotatable bonds is 9. The standard InChI is InChI=1S/C17H27NO2S/c1-3-18-16(13-21-12-14-8-7-11-20-14)15-9-5-6-10-17(15)19-4-2/h5-6,9-10,14,16,18H,3-4,7-8,11-13H2,1-2H3. The number of hydrogen-bond donors (Lipinski definition) is 1. The van der Waals surface area contributed by atoms with E-state index in [1.54, 1.807) is 0 Å². The second kappa shape index (κ2) is 9.34. The first-order chi connectivity index (χ1) is 10.3. The van der Waals surface area contributed by atoms with E-state index < -0.39 is 0 Å². The van der Waals surface area contributed by atoms with E-state index in [2.05, 4.69) is 30.4 Å². The van der Waals surface area contributed by atoms with E-state index in [0.717, 1.165) is 30.4 Å². The van der Waals surface area contributed by atoms with Gasteiger partial charge >= 0.3 is 0 Å². The molecule has 1 N–H and O–H groups in total. The fraction of sp³-hybridized carbons (Fsp3) is 0.647. The van der Waals surface area contributed by atoms with Crippen LogP contribution in [0.25, 0.3) is 0 Å². The number of thioether (sulfide) groups is 1. The number of nitrogens with one attached hydrogen (secondary N) is 1. The van der Waals surface area contributed by atoms with Gasteiger partial charge in [0.25, 0.3) is 0 Å². The Morgan fingerprint density at radius 2 is 2.24 bits per heavy atom. The molecule has 2 unspecified atom stereocenters. The Balaban J connectivity index is 1.93. The molecule has 0 aliphatic carbocycles. The summed E-state index contributed by atoms with van der Waals surface area (Å²) < 4.78 is 11.5. The molecular formula is C17H27NO2S. The summed E-state index contributed by atoms with van der Waals surface area (Å²) in [5.74, 6) is 3.15. The lowest BCUT2D eigenvalue weighted by Gasteiger charge is -2.21. The van der Waals surface area contributed by atoms with Gasteiger partial charge in [-0.15, -0.1) is 0 Å². The zero-order valence-corrected chi connectivity index (χ0v) is 14.0. The topological polar surface area (TPSA) is 30.5 Å². The summed E-state index contributed by atoms with van der Waals surface area (Å²) in [6.45, 7) is 6.80. The lowest BCUT2D eigenvalue weighted by atomic mass is 10.1. The van der Waals surface area contributed by atoms with E-state index in [-0.39, 0.29) is 0 Å². The fourth-order valence-electron chi connectivity index (χ4n) is 2.65. The van der Waals surface area contributed by atoms with Gasteiger partial charge in [0, 0.05) is 29.7 Å². The van der Waals surface area contributed by atoms with Gasteiger partial charge in [-0.3, -0.25) is 0 Å². The van der Waals surface area contributed by atoms with Gasteiger partial charge in [0.1, 0.15) is 5.75 Å². The van der Waals surface area contributed by atoms with E-state index in [0.29, 0.717) is 18.8 Å². The third-order valence-electron chi connectivity index (χ3n) is 3.66. The van der Waals surface area contributed by atoms with Crippen LogP contribution in [0.2, 0.25) is 0 Å². The quantitative estimate of drug-likeness (QED) is 0.754. The summed E-state index contributed by atoms with van der Waals surface area (Å²) in [6.07, 6.45) is 2.89. The minimum absolute atomic E-state index is 0.337. The molecule has 118 valence electrons. The maximum atomic E-state index is 5.77. The van der Waals surface area contributed by atoms with Gasteiger partial charge in [0.05, 0.1) is 12.7 Å². The first-order valence-corrected chi connectivity index (χ1v) is 9.15. The molecule has 1 aliphatic heterocycles. The van der Waals surface area contributed by atoms with Crippen molar-refractivity contribution in [3.63, 3.8) is 0 Å². The van der Waals surface area contributed by atoms with Gasteiger partial charge in [0.15, 0.2) is 0 Å². The van der Waals surface area contributed by atoms with Crippen LogP contribution in [0.4, 0.5) is 0 Å². The number of ether oxygens (including phenoxy) is 2. The van der Waals surface area contributed by atoms with Crippen LogP contribution in [0.1, 0.15) is 38.3 Å². The predicted molar refractivity (Wildman–Crippen MR) is 90.3 cm³/mol. The zero-order valence-electron chi connectivity index (χ0n) is 13.1. The first kappa shape index (κ1) is 16.7. The highest BCUT2D eigenvalue weighted by Crippen LogP contribution is 2.28. The van der Waals surface area contributed by atoms with Gasteiger partial charge < -0.3 is 14.8 Å². The van der Waals surface area contributed by atoms with E-state index in [1.165, 1.54) is 18.4 Å². The van der Waals surface area contributed by atoms with E-state index in [4.69, 9.17) is 9.47 Å². The molecule has 3 nitrogen and oxygen atoms in total. The highest BCUT2D eigenvalue weighted by Gasteiger charge is 2.18. The van der Waals surface area contributed by atoms with Crippen molar-refractivity contribution in [3.05, 3.63) is 29.8 Å². The molecule has 1 aliphatic rings. The Morgan fingerprint density at radius 3 is 2.95 bits per heavy atom. The minimum Gasteiger partial charge on any atom is -0.494 e. The number of hydrogen-bond acceptors (Lipinski definition) is 4. The average molecular weight is 309 g/mol. The Bertz CT molecular complexity index is 408. The molecule has 1 aromatic rings. The van der Waals surface area contributed by atoms with Gasteiger partial charge in [-0.25, -0.2) is 0 Å². The van der Waals surface area contributed by atoms with Crippen molar-refractivity contribution in [1.29, 1.82) is 0 Å². The van der Waals surface area contributed by atoms with Crippen LogP contribution in [0.3, 0.4) is 0 Å². The van der Waals surface area contributed by atoms with Crippen LogP contribution in [-0.2, 0) is 4.74 Å². The van der Waals surface area contributed by atoms with E-state index in [1.807, 2.05) is 24.8 Å². The average Bonchev–Trinajstić information content (AvgIpc) is 3.01. The molecule has 0 amide bonds. The first-order valence-electron chi connectivity index (χ1n) is 7.99. The molecule has 0 aromatic heterocycles. The molecule has 2 rings (SSSR count). The van der Waals surface area contributed by atoms with Crippen molar-refractivity contribution >= 4 is 11.8 Å². The second-order valence-corrected chi connectivity index (χ2v) is 6.33. The van der Waals surface area contributed by atoms with Crippen molar-refractivity contribution in [2.75, 3.05) is 31.3 Å². The summed E-state index contributed by atoms with van der Waals surface area (Å²) in [7, 11) is 0. The maximum absolute atomic E-state index is 5.77. The fourth-order valence-corrected chi connectivity index (χ4v) is 3.85. The molecule has 1 saturated heterocycles. The van der Waals surface area contributed by atoms with Crippen molar-refractivity contribution < 1.29 is 9.47 Å². The third-order valence-corrected chi connectivity index (χ3v) is 4.83. The van der Waals surface area contributed by atoms with Gasteiger partial charge in [0.2, 0.25) is 0 Å². The van der Waals surface area contributed by atoms with Gasteiger partial charge in [-0.05, 0) is 32.4 Å². The zero-order chi connectivity index (χ0) is 14.9. The second-order valence-electron chi connectivity index (χ2n) is 5.25.